The first-order valence-corrected chi connectivity index (χ1v) is 4.70. The van der Waals surface area contributed by atoms with Crippen molar-refractivity contribution in [2.24, 2.45) is 0 Å². The summed E-state index contributed by atoms with van der Waals surface area (Å²) in [5.41, 5.74) is 4.89. The Morgan fingerprint density at radius 1 is 1.44 bits per heavy atom. The second-order valence-corrected chi connectivity index (χ2v) is 3.75. The van der Waals surface area contributed by atoms with E-state index in [1.165, 1.54) is 0 Å². The number of alkyl halides is 3. The fraction of sp³-hybridized carbons (Fsp3) is 0.222. The third kappa shape index (κ3) is 1.59. The van der Waals surface area contributed by atoms with Crippen LogP contribution in [0.3, 0.4) is 0 Å². The highest BCUT2D eigenvalue weighted by Gasteiger charge is 2.35. The summed E-state index contributed by atoms with van der Waals surface area (Å²) in [4.78, 5) is 6.65. The minimum absolute atomic E-state index is 0.157. The number of nitrogens with one attached hydrogen (secondary N) is 1. The van der Waals surface area contributed by atoms with Crippen molar-refractivity contribution in [3.05, 3.63) is 22.5 Å². The van der Waals surface area contributed by atoms with Gasteiger partial charge in [0.05, 0.1) is 21.8 Å². The molecule has 16 heavy (non-hydrogen) atoms. The Morgan fingerprint density at radius 3 is 2.62 bits per heavy atom. The first-order valence-electron chi connectivity index (χ1n) is 4.32. The van der Waals surface area contributed by atoms with Gasteiger partial charge in [0.15, 0.2) is 0 Å². The van der Waals surface area contributed by atoms with Crippen molar-refractivity contribution in [2.45, 2.75) is 13.1 Å². The number of nitrogens with zero attached hydrogens (tertiary/aromatic N) is 1. The number of rotatable bonds is 0. The highest BCUT2D eigenvalue weighted by Crippen LogP contribution is 2.40. The van der Waals surface area contributed by atoms with E-state index in [1.807, 2.05) is 0 Å². The minimum Gasteiger partial charge on any atom is -0.396 e. The van der Waals surface area contributed by atoms with Gasteiger partial charge in [0, 0.05) is 0 Å². The molecule has 3 N–H and O–H groups in total. The summed E-state index contributed by atoms with van der Waals surface area (Å²) in [6.07, 6.45) is -4.53. The maximum absolute atomic E-state index is 12.6. The minimum atomic E-state index is -4.53. The molecule has 0 bridgehead atoms. The number of hydrogen-bond donors (Lipinski definition) is 2. The van der Waals surface area contributed by atoms with Crippen molar-refractivity contribution in [3.8, 4) is 0 Å². The molecule has 0 atom stereocenters. The molecule has 2 rings (SSSR count). The number of halogens is 4. The third-order valence-corrected chi connectivity index (χ3v) is 2.58. The molecule has 0 saturated carbocycles. The number of aryl methyl sites for hydroxylation is 1. The maximum Gasteiger partial charge on any atom is 0.417 e. The maximum atomic E-state index is 12.6. The topological polar surface area (TPSA) is 54.7 Å². The van der Waals surface area contributed by atoms with E-state index in [1.54, 1.807) is 6.92 Å². The Balaban J connectivity index is 2.83. The number of fused-ring (bicyclic) bond motifs is 1. The SMILES string of the molecule is Cc1nc2c(N)c(Cl)c(C(F)(F)F)cc2[nH]1. The van der Waals surface area contributed by atoms with E-state index < -0.39 is 16.8 Å². The fourth-order valence-electron chi connectivity index (χ4n) is 1.48. The van der Waals surface area contributed by atoms with Crippen molar-refractivity contribution in [1.82, 2.24) is 9.97 Å². The molecule has 0 fully saturated rings. The lowest BCUT2D eigenvalue weighted by Gasteiger charge is -2.10. The lowest BCUT2D eigenvalue weighted by Crippen LogP contribution is -2.07. The molecule has 0 unspecified atom stereocenters. The molecule has 1 aromatic heterocycles. The second-order valence-electron chi connectivity index (χ2n) is 3.37. The number of aromatic amines is 1. The van der Waals surface area contributed by atoms with E-state index in [0.717, 1.165) is 6.07 Å². The molecular formula is C9H7ClF3N3. The number of anilines is 1. The molecule has 2 aromatic rings. The number of imidazole rings is 1. The van der Waals surface area contributed by atoms with Crippen LogP contribution >= 0.6 is 11.6 Å². The van der Waals surface area contributed by atoms with Crippen LogP contribution < -0.4 is 5.73 Å². The number of benzene rings is 1. The third-order valence-electron chi connectivity index (χ3n) is 2.17. The van der Waals surface area contributed by atoms with Gasteiger partial charge in [-0.05, 0) is 13.0 Å². The number of nitrogens with two attached hydrogens (primary N) is 1. The molecule has 0 aliphatic carbocycles. The average Bonchev–Trinajstić information content (AvgIpc) is 2.51. The highest BCUT2D eigenvalue weighted by molar-refractivity contribution is 6.35. The predicted molar refractivity (Wildman–Crippen MR) is 55.3 cm³/mol. The standard InChI is InChI=1S/C9H7ClF3N3/c1-3-15-5-2-4(9(11,12)13)6(10)7(14)8(5)16-3/h2H,14H2,1H3,(H,15,16). The van der Waals surface area contributed by atoms with Crippen LogP contribution in [0.2, 0.25) is 5.02 Å². The lowest BCUT2D eigenvalue weighted by atomic mass is 10.1. The van der Waals surface area contributed by atoms with Crippen molar-refractivity contribution in [2.75, 3.05) is 5.73 Å². The van der Waals surface area contributed by atoms with Gasteiger partial charge >= 0.3 is 6.18 Å². The second kappa shape index (κ2) is 3.28. The Kier molecular flexibility index (Phi) is 2.27. The largest absolute Gasteiger partial charge is 0.417 e. The van der Waals surface area contributed by atoms with Crippen molar-refractivity contribution in [3.63, 3.8) is 0 Å². The van der Waals surface area contributed by atoms with Crippen LogP contribution in [0.25, 0.3) is 11.0 Å². The summed E-state index contributed by atoms with van der Waals surface area (Å²) < 4.78 is 37.8. The Morgan fingerprint density at radius 2 is 2.06 bits per heavy atom. The van der Waals surface area contributed by atoms with Crippen LogP contribution in [-0.2, 0) is 6.18 Å². The van der Waals surface area contributed by atoms with Crippen LogP contribution in [0.4, 0.5) is 18.9 Å². The molecule has 3 nitrogen and oxygen atoms in total. The number of aromatic nitrogens is 2. The monoisotopic (exact) mass is 249 g/mol. The van der Waals surface area contributed by atoms with Gasteiger partial charge in [-0.25, -0.2) is 4.98 Å². The van der Waals surface area contributed by atoms with Crippen LogP contribution in [0.1, 0.15) is 11.4 Å². The Bertz CT molecular complexity index is 559. The predicted octanol–water partition coefficient (Wildman–Crippen LogP) is 3.13. The van der Waals surface area contributed by atoms with Crippen molar-refractivity contribution < 1.29 is 13.2 Å². The first kappa shape index (κ1) is 11.1. The van der Waals surface area contributed by atoms with Gasteiger partial charge in [-0.1, -0.05) is 11.6 Å². The molecule has 0 spiro atoms. The smallest absolute Gasteiger partial charge is 0.396 e. The van der Waals surface area contributed by atoms with E-state index in [0.29, 0.717) is 5.82 Å². The Labute approximate surface area is 93.4 Å². The molecule has 0 saturated heterocycles. The van der Waals surface area contributed by atoms with E-state index in [4.69, 9.17) is 17.3 Å². The average molecular weight is 250 g/mol. The van der Waals surface area contributed by atoms with E-state index in [2.05, 4.69) is 9.97 Å². The molecule has 7 heteroatoms. The summed E-state index contributed by atoms with van der Waals surface area (Å²) in [5, 5.41) is -0.508. The van der Waals surface area contributed by atoms with Gasteiger partial charge in [0.2, 0.25) is 0 Å². The summed E-state index contributed by atoms with van der Waals surface area (Å²) >= 11 is 5.57. The molecule has 0 aliphatic heterocycles. The Hall–Kier alpha value is -1.43. The fourth-order valence-corrected chi connectivity index (χ4v) is 1.73. The summed E-state index contributed by atoms with van der Waals surface area (Å²) in [5.74, 6) is 0.483. The van der Waals surface area contributed by atoms with Gasteiger partial charge < -0.3 is 10.7 Å². The van der Waals surface area contributed by atoms with E-state index in [-0.39, 0.29) is 16.7 Å². The molecular weight excluding hydrogens is 243 g/mol. The molecule has 1 aromatic carbocycles. The number of hydrogen-bond acceptors (Lipinski definition) is 2. The number of nitrogen functional groups attached to an aromatic ring is 1. The van der Waals surface area contributed by atoms with Crippen molar-refractivity contribution >= 4 is 28.3 Å². The summed E-state index contributed by atoms with van der Waals surface area (Å²) in [6, 6.07) is 0.911. The van der Waals surface area contributed by atoms with Crippen molar-refractivity contribution in [1.29, 1.82) is 0 Å². The molecule has 0 amide bonds. The molecule has 1 heterocycles. The van der Waals surface area contributed by atoms with Crippen LogP contribution in [0, 0.1) is 6.92 Å². The van der Waals surface area contributed by atoms with Gasteiger partial charge in [0.25, 0.3) is 0 Å². The molecule has 0 radical (unpaired) electrons. The molecule has 0 aliphatic rings. The number of H-pyrrole nitrogens is 1. The van der Waals surface area contributed by atoms with E-state index in [9.17, 15) is 13.2 Å². The van der Waals surface area contributed by atoms with Crippen LogP contribution in [0.5, 0.6) is 0 Å². The zero-order valence-electron chi connectivity index (χ0n) is 8.11. The van der Waals surface area contributed by atoms with Gasteiger partial charge in [-0.15, -0.1) is 0 Å². The van der Waals surface area contributed by atoms with Gasteiger partial charge in [-0.2, -0.15) is 13.2 Å². The lowest BCUT2D eigenvalue weighted by molar-refractivity contribution is -0.137. The zero-order valence-corrected chi connectivity index (χ0v) is 8.87. The normalized spacial score (nSPS) is 12.3. The summed E-state index contributed by atoms with van der Waals surface area (Å²) in [6.45, 7) is 1.63. The quantitative estimate of drug-likeness (QED) is 0.705. The highest BCUT2D eigenvalue weighted by atomic mass is 35.5. The van der Waals surface area contributed by atoms with Gasteiger partial charge in [0.1, 0.15) is 11.3 Å². The zero-order chi connectivity index (χ0) is 12.1. The van der Waals surface area contributed by atoms with E-state index >= 15 is 0 Å². The van der Waals surface area contributed by atoms with Crippen LogP contribution in [0.15, 0.2) is 6.07 Å². The first-order chi connectivity index (χ1) is 7.30. The summed E-state index contributed by atoms with van der Waals surface area (Å²) in [7, 11) is 0. The van der Waals surface area contributed by atoms with Gasteiger partial charge in [-0.3, -0.25) is 0 Å². The molecule has 86 valence electrons. The van der Waals surface area contributed by atoms with Crippen LogP contribution in [-0.4, -0.2) is 9.97 Å².